The van der Waals surface area contributed by atoms with Crippen LogP contribution in [0, 0.1) is 11.3 Å². The van der Waals surface area contributed by atoms with Gasteiger partial charge in [-0.15, -0.1) is 0 Å². The van der Waals surface area contributed by atoms with Crippen LogP contribution in [-0.4, -0.2) is 15.2 Å². The van der Waals surface area contributed by atoms with Crippen molar-refractivity contribution in [1.82, 2.24) is 4.90 Å². The van der Waals surface area contributed by atoms with Gasteiger partial charge >= 0.3 is 5.97 Å². The van der Waals surface area contributed by atoms with Gasteiger partial charge in [-0.3, -0.25) is 0 Å². The van der Waals surface area contributed by atoms with Crippen LogP contribution in [0.15, 0.2) is 66.0 Å². The first-order chi connectivity index (χ1) is 12.6. The maximum Gasteiger partial charge on any atom is 0.340 e. The SMILES string of the molecule is N#CC1=C(N)N(Cc2ccccc2)C(=S)SC12OC(=O)c1ccccc12. The molecule has 1 unspecified atom stereocenters. The molecule has 2 N–H and O–H groups in total. The highest BCUT2D eigenvalue weighted by Crippen LogP contribution is 2.54. The summed E-state index contributed by atoms with van der Waals surface area (Å²) in [5.74, 6) is -0.266. The molecule has 2 aromatic rings. The number of ether oxygens (including phenoxy) is 1. The maximum atomic E-state index is 12.3. The maximum absolute atomic E-state index is 12.3. The van der Waals surface area contributed by atoms with Crippen LogP contribution < -0.4 is 5.73 Å². The molecule has 0 fully saturated rings. The Labute approximate surface area is 160 Å². The molecule has 4 rings (SSSR count). The fourth-order valence-corrected chi connectivity index (χ4v) is 4.82. The molecule has 0 saturated heterocycles. The molecule has 0 bridgehead atoms. The van der Waals surface area contributed by atoms with Crippen molar-refractivity contribution in [1.29, 1.82) is 5.26 Å². The molecule has 0 radical (unpaired) electrons. The van der Waals surface area contributed by atoms with Gasteiger partial charge in [0.25, 0.3) is 0 Å². The van der Waals surface area contributed by atoms with Gasteiger partial charge in [-0.2, -0.15) is 5.26 Å². The number of esters is 1. The van der Waals surface area contributed by atoms with Gasteiger partial charge in [0.2, 0.25) is 4.93 Å². The number of hydrogen-bond donors (Lipinski definition) is 1. The summed E-state index contributed by atoms with van der Waals surface area (Å²) < 4.78 is 6.11. The fourth-order valence-electron chi connectivity index (χ4n) is 3.13. The zero-order valence-corrected chi connectivity index (χ0v) is 15.1. The lowest BCUT2D eigenvalue weighted by Gasteiger charge is -2.38. The highest BCUT2D eigenvalue weighted by Gasteiger charge is 2.54. The Kier molecular flexibility index (Phi) is 3.94. The predicted octanol–water partition coefficient (Wildman–Crippen LogP) is 3.24. The van der Waals surface area contributed by atoms with E-state index in [0.717, 1.165) is 17.3 Å². The summed E-state index contributed by atoms with van der Waals surface area (Å²) in [5.41, 5.74) is 8.55. The number of fused-ring (bicyclic) bond motifs is 2. The molecular formula is C19H13N3O2S2. The van der Waals surface area contributed by atoms with E-state index in [4.69, 9.17) is 22.7 Å². The van der Waals surface area contributed by atoms with E-state index in [2.05, 4.69) is 6.07 Å². The second-order valence-electron chi connectivity index (χ2n) is 5.86. The Morgan fingerprint density at radius 2 is 1.88 bits per heavy atom. The first-order valence-corrected chi connectivity index (χ1v) is 9.07. The van der Waals surface area contributed by atoms with Crippen LogP contribution in [0.1, 0.15) is 21.5 Å². The number of hydrogen-bond acceptors (Lipinski definition) is 6. The van der Waals surface area contributed by atoms with Gasteiger partial charge in [0.05, 0.1) is 12.1 Å². The van der Waals surface area contributed by atoms with Crippen molar-refractivity contribution in [2.75, 3.05) is 0 Å². The molecule has 5 nitrogen and oxygen atoms in total. The second kappa shape index (κ2) is 6.16. The van der Waals surface area contributed by atoms with Crippen LogP contribution in [0.5, 0.6) is 0 Å². The molecular weight excluding hydrogens is 366 g/mol. The quantitative estimate of drug-likeness (QED) is 0.634. The van der Waals surface area contributed by atoms with E-state index in [1.165, 1.54) is 0 Å². The van der Waals surface area contributed by atoms with Gasteiger partial charge < -0.3 is 15.4 Å². The molecule has 2 heterocycles. The first-order valence-electron chi connectivity index (χ1n) is 7.84. The van der Waals surface area contributed by atoms with E-state index in [9.17, 15) is 10.1 Å². The monoisotopic (exact) mass is 379 g/mol. The number of rotatable bonds is 2. The van der Waals surface area contributed by atoms with Crippen LogP contribution in [0.4, 0.5) is 0 Å². The van der Waals surface area contributed by atoms with Gasteiger partial charge in [-0.25, -0.2) is 4.79 Å². The molecule has 2 aliphatic rings. The normalized spacial score (nSPS) is 21.6. The van der Waals surface area contributed by atoms with E-state index < -0.39 is 10.9 Å². The number of nitriles is 1. The third-order valence-electron chi connectivity index (χ3n) is 4.36. The molecule has 0 amide bonds. The zero-order chi connectivity index (χ0) is 18.3. The molecule has 1 spiro atoms. The predicted molar refractivity (Wildman–Crippen MR) is 103 cm³/mol. The van der Waals surface area contributed by atoms with Crippen molar-refractivity contribution < 1.29 is 9.53 Å². The molecule has 26 heavy (non-hydrogen) atoms. The zero-order valence-electron chi connectivity index (χ0n) is 13.5. The topological polar surface area (TPSA) is 79.3 Å². The minimum Gasteiger partial charge on any atom is -0.434 e. The van der Waals surface area contributed by atoms with Crippen molar-refractivity contribution in [3.8, 4) is 6.07 Å². The molecule has 0 saturated carbocycles. The van der Waals surface area contributed by atoms with Crippen molar-refractivity contribution in [2.45, 2.75) is 11.5 Å². The van der Waals surface area contributed by atoms with E-state index in [1.54, 1.807) is 29.2 Å². The smallest absolute Gasteiger partial charge is 0.340 e. The van der Waals surface area contributed by atoms with E-state index in [0.29, 0.717) is 22.0 Å². The summed E-state index contributed by atoms with van der Waals surface area (Å²) in [6.07, 6.45) is 0. The Morgan fingerprint density at radius 1 is 1.19 bits per heavy atom. The van der Waals surface area contributed by atoms with Crippen molar-refractivity contribution in [3.05, 3.63) is 82.7 Å². The third-order valence-corrected chi connectivity index (χ3v) is 6.02. The number of benzene rings is 2. The van der Waals surface area contributed by atoms with Gasteiger partial charge in [0, 0.05) is 5.56 Å². The summed E-state index contributed by atoms with van der Waals surface area (Å²) in [5, 5.41) is 9.81. The fraction of sp³-hybridized carbons (Fsp3) is 0.105. The summed E-state index contributed by atoms with van der Waals surface area (Å²) in [6.45, 7) is 0.440. The molecule has 2 aromatic carbocycles. The molecule has 2 aliphatic heterocycles. The first kappa shape index (κ1) is 16.6. The lowest BCUT2D eigenvalue weighted by atomic mass is 9.98. The van der Waals surface area contributed by atoms with Crippen LogP contribution in [0.25, 0.3) is 0 Å². The van der Waals surface area contributed by atoms with Crippen LogP contribution in [0.2, 0.25) is 0 Å². The van der Waals surface area contributed by atoms with E-state index in [-0.39, 0.29) is 11.4 Å². The second-order valence-corrected chi connectivity index (χ2v) is 7.67. The summed E-state index contributed by atoms with van der Waals surface area (Å²) in [6, 6.07) is 18.8. The van der Waals surface area contributed by atoms with Gasteiger partial charge in [0.15, 0.2) is 0 Å². The summed E-state index contributed by atoms with van der Waals surface area (Å²) in [7, 11) is 0. The Hall–Kier alpha value is -2.82. The number of carbonyl (C=O) groups excluding carboxylic acids is 1. The van der Waals surface area contributed by atoms with E-state index >= 15 is 0 Å². The van der Waals surface area contributed by atoms with Crippen molar-refractivity contribution in [2.24, 2.45) is 5.73 Å². The van der Waals surface area contributed by atoms with Crippen molar-refractivity contribution >= 4 is 34.3 Å². The average molecular weight is 379 g/mol. The number of carbonyl (C=O) groups is 1. The van der Waals surface area contributed by atoms with Gasteiger partial charge in [0.1, 0.15) is 21.8 Å². The summed E-state index contributed by atoms with van der Waals surface area (Å²) in [4.78, 5) is 12.7. The molecule has 0 aromatic heterocycles. The number of nitrogens with zero attached hydrogens (tertiary/aromatic N) is 2. The lowest BCUT2D eigenvalue weighted by molar-refractivity contribution is 0.0379. The molecule has 128 valence electrons. The van der Waals surface area contributed by atoms with Gasteiger partial charge in [-0.1, -0.05) is 60.7 Å². The van der Waals surface area contributed by atoms with Gasteiger partial charge in [-0.05, 0) is 23.4 Å². The lowest BCUT2D eigenvalue weighted by Crippen LogP contribution is -2.43. The Bertz CT molecular complexity index is 997. The standard InChI is InChI=1S/C19H13N3O2S2/c20-10-15-16(21)22(11-12-6-2-1-3-7-12)18(25)26-19(15)14-9-5-4-8-13(14)17(23)24-19/h1-9H,11,21H2. The number of thiocarbonyl (C=S) groups is 1. The number of thioether (sulfide) groups is 1. The minimum atomic E-state index is -1.31. The molecule has 7 heteroatoms. The highest BCUT2D eigenvalue weighted by molar-refractivity contribution is 8.23. The largest absolute Gasteiger partial charge is 0.434 e. The minimum absolute atomic E-state index is 0.185. The average Bonchev–Trinajstić information content (AvgIpc) is 2.92. The number of nitrogens with two attached hydrogens (primary N) is 1. The van der Waals surface area contributed by atoms with Crippen LogP contribution in [0.3, 0.4) is 0 Å². The Balaban J connectivity index is 1.83. The molecule has 1 atom stereocenters. The third kappa shape index (κ3) is 2.38. The van der Waals surface area contributed by atoms with Crippen LogP contribution >= 0.6 is 24.0 Å². The van der Waals surface area contributed by atoms with Crippen LogP contribution in [-0.2, 0) is 16.2 Å². The van der Waals surface area contributed by atoms with Crippen molar-refractivity contribution in [3.63, 3.8) is 0 Å². The molecule has 0 aliphatic carbocycles. The van der Waals surface area contributed by atoms with E-state index in [1.807, 2.05) is 30.3 Å². The Morgan fingerprint density at radius 3 is 2.62 bits per heavy atom. The summed E-state index contributed by atoms with van der Waals surface area (Å²) >= 11 is 6.72. The highest BCUT2D eigenvalue weighted by atomic mass is 32.2.